The van der Waals surface area contributed by atoms with Crippen LogP contribution in [0.3, 0.4) is 0 Å². The molecule has 1 fully saturated rings. The number of amides is 1. The van der Waals surface area contributed by atoms with Crippen molar-refractivity contribution >= 4 is 17.4 Å². The van der Waals surface area contributed by atoms with Crippen molar-refractivity contribution in [1.82, 2.24) is 0 Å². The van der Waals surface area contributed by atoms with Crippen LogP contribution in [0, 0.1) is 5.92 Å². The average molecular weight is 357 g/mol. The molecule has 0 radical (unpaired) electrons. The van der Waals surface area contributed by atoms with Crippen LogP contribution in [0.4, 0.5) is 5.69 Å². The fourth-order valence-electron chi connectivity index (χ4n) is 4.11. The van der Waals surface area contributed by atoms with Crippen molar-refractivity contribution < 1.29 is 14.0 Å². The van der Waals surface area contributed by atoms with Crippen LogP contribution in [-0.4, -0.2) is 11.7 Å². The third-order valence-electron chi connectivity index (χ3n) is 5.70. The lowest BCUT2D eigenvalue weighted by Gasteiger charge is -2.40. The van der Waals surface area contributed by atoms with Gasteiger partial charge in [0, 0.05) is 11.5 Å². The van der Waals surface area contributed by atoms with Gasteiger partial charge in [0.1, 0.15) is 6.04 Å². The predicted molar refractivity (Wildman–Crippen MR) is 102 cm³/mol. The van der Waals surface area contributed by atoms with Gasteiger partial charge in [-0.05, 0) is 42.2 Å². The summed E-state index contributed by atoms with van der Waals surface area (Å²) in [5.41, 5.74) is 3.64. The number of para-hydroxylation sites is 1. The first-order valence-corrected chi connectivity index (χ1v) is 9.35. The van der Waals surface area contributed by atoms with E-state index in [-0.39, 0.29) is 23.4 Å². The van der Waals surface area contributed by atoms with Crippen LogP contribution in [0.5, 0.6) is 0 Å². The average Bonchev–Trinajstić information content (AvgIpc) is 3.19. The molecule has 4 heteroatoms. The minimum Gasteiger partial charge on any atom is -0.459 e. The number of fused-ring (bicyclic) bond motifs is 3. The first-order valence-electron chi connectivity index (χ1n) is 9.35. The number of carbonyl (C=O) groups excluding carboxylic acids is 2. The van der Waals surface area contributed by atoms with E-state index >= 15 is 0 Å². The van der Waals surface area contributed by atoms with Crippen LogP contribution >= 0.6 is 0 Å². The molecule has 0 saturated heterocycles. The molecule has 1 aliphatic heterocycles. The quantitative estimate of drug-likeness (QED) is 0.661. The van der Waals surface area contributed by atoms with Gasteiger partial charge < -0.3 is 4.42 Å². The molecule has 2 heterocycles. The SMILES string of the molecule is O=C(C1CCC1)C1c2ccccc2-c2ccccc2N1C(=O)c1ccco1. The van der Waals surface area contributed by atoms with Crippen LogP contribution in [0.15, 0.2) is 71.3 Å². The van der Waals surface area contributed by atoms with E-state index in [4.69, 9.17) is 4.42 Å². The Morgan fingerprint density at radius 2 is 1.63 bits per heavy atom. The molecule has 2 aromatic carbocycles. The summed E-state index contributed by atoms with van der Waals surface area (Å²) < 4.78 is 5.38. The van der Waals surface area contributed by atoms with Crippen molar-refractivity contribution in [2.45, 2.75) is 25.3 Å². The highest BCUT2D eigenvalue weighted by Gasteiger charge is 2.43. The molecule has 0 bridgehead atoms. The molecule has 27 heavy (non-hydrogen) atoms. The van der Waals surface area contributed by atoms with Gasteiger partial charge in [-0.2, -0.15) is 0 Å². The number of Topliss-reactive ketones (excluding diaryl/α,β-unsaturated/α-hetero) is 1. The fourth-order valence-corrected chi connectivity index (χ4v) is 4.11. The molecule has 1 aliphatic carbocycles. The smallest absolute Gasteiger partial charge is 0.294 e. The Kier molecular flexibility index (Phi) is 3.71. The molecule has 3 aromatic rings. The molecular formula is C23H19NO3. The maximum atomic E-state index is 13.4. The maximum absolute atomic E-state index is 13.4. The number of nitrogens with zero attached hydrogens (tertiary/aromatic N) is 1. The standard InChI is InChI=1S/C23H19NO3/c25-22(15-7-5-8-15)21-18-11-2-1-9-16(18)17-10-3-4-12-19(17)24(21)23(26)20-13-6-14-27-20/h1-4,6,9-15,21H,5,7-8H2. The minimum atomic E-state index is -0.612. The molecule has 1 saturated carbocycles. The van der Waals surface area contributed by atoms with Crippen LogP contribution in [-0.2, 0) is 4.79 Å². The van der Waals surface area contributed by atoms with Gasteiger partial charge >= 0.3 is 0 Å². The summed E-state index contributed by atoms with van der Waals surface area (Å²) in [7, 11) is 0. The summed E-state index contributed by atoms with van der Waals surface area (Å²) in [5, 5.41) is 0. The number of anilines is 1. The van der Waals surface area contributed by atoms with Crippen molar-refractivity contribution in [3.8, 4) is 11.1 Å². The molecule has 1 unspecified atom stereocenters. The molecule has 0 N–H and O–H groups in total. The monoisotopic (exact) mass is 357 g/mol. The zero-order chi connectivity index (χ0) is 18.4. The summed E-state index contributed by atoms with van der Waals surface area (Å²) in [4.78, 5) is 28.4. The third-order valence-corrected chi connectivity index (χ3v) is 5.70. The number of benzene rings is 2. The molecule has 1 aromatic heterocycles. The Hall–Kier alpha value is -3.14. The first kappa shape index (κ1) is 16.1. The second kappa shape index (κ2) is 6.23. The van der Waals surface area contributed by atoms with E-state index in [1.54, 1.807) is 17.0 Å². The normalized spacial score (nSPS) is 18.4. The van der Waals surface area contributed by atoms with Gasteiger partial charge in [-0.1, -0.05) is 48.9 Å². The van der Waals surface area contributed by atoms with Crippen LogP contribution in [0.1, 0.15) is 41.4 Å². The summed E-state index contributed by atoms with van der Waals surface area (Å²) >= 11 is 0. The number of ketones is 1. The molecule has 134 valence electrons. The summed E-state index contributed by atoms with van der Waals surface area (Å²) in [6.07, 6.45) is 4.37. The van der Waals surface area contributed by atoms with Crippen molar-refractivity contribution in [3.63, 3.8) is 0 Å². The summed E-state index contributed by atoms with van der Waals surface area (Å²) in [6.45, 7) is 0. The minimum absolute atomic E-state index is 0.0280. The highest BCUT2D eigenvalue weighted by Crippen LogP contribution is 2.47. The Balaban J connectivity index is 1.72. The Morgan fingerprint density at radius 1 is 0.889 bits per heavy atom. The van der Waals surface area contributed by atoms with Crippen LogP contribution in [0.2, 0.25) is 0 Å². The second-order valence-electron chi connectivity index (χ2n) is 7.19. The molecule has 4 nitrogen and oxygen atoms in total. The van der Waals surface area contributed by atoms with E-state index in [2.05, 4.69) is 0 Å². The Labute approximate surface area is 157 Å². The summed E-state index contributed by atoms with van der Waals surface area (Å²) in [5.74, 6) is 0.124. The van der Waals surface area contributed by atoms with E-state index in [0.717, 1.165) is 41.6 Å². The topological polar surface area (TPSA) is 50.5 Å². The zero-order valence-corrected chi connectivity index (χ0v) is 14.8. The maximum Gasteiger partial charge on any atom is 0.294 e. The molecule has 1 atom stereocenters. The highest BCUT2D eigenvalue weighted by atomic mass is 16.3. The molecular weight excluding hydrogens is 338 g/mol. The number of furan rings is 1. The number of rotatable bonds is 3. The van der Waals surface area contributed by atoms with Gasteiger partial charge in [0.25, 0.3) is 5.91 Å². The number of carbonyl (C=O) groups is 2. The lowest BCUT2D eigenvalue weighted by molar-refractivity contribution is -0.126. The van der Waals surface area contributed by atoms with E-state index in [9.17, 15) is 9.59 Å². The van der Waals surface area contributed by atoms with Crippen molar-refractivity contribution in [1.29, 1.82) is 0 Å². The van der Waals surface area contributed by atoms with E-state index in [1.807, 2.05) is 48.5 Å². The second-order valence-corrected chi connectivity index (χ2v) is 7.19. The predicted octanol–water partition coefficient (Wildman–Crippen LogP) is 5.02. The van der Waals surface area contributed by atoms with Crippen molar-refractivity contribution in [3.05, 3.63) is 78.3 Å². The van der Waals surface area contributed by atoms with Crippen LogP contribution in [0.25, 0.3) is 11.1 Å². The van der Waals surface area contributed by atoms with Gasteiger partial charge in [0.2, 0.25) is 0 Å². The Bertz CT molecular complexity index is 1020. The lowest BCUT2D eigenvalue weighted by atomic mass is 9.75. The van der Waals surface area contributed by atoms with E-state index < -0.39 is 6.04 Å². The zero-order valence-electron chi connectivity index (χ0n) is 14.8. The highest BCUT2D eigenvalue weighted by molar-refractivity contribution is 6.13. The molecule has 2 aliphatic rings. The van der Waals surface area contributed by atoms with Crippen LogP contribution < -0.4 is 4.90 Å². The summed E-state index contributed by atoms with van der Waals surface area (Å²) in [6, 6.07) is 18.4. The molecule has 5 rings (SSSR count). The van der Waals surface area contributed by atoms with E-state index in [0.29, 0.717) is 0 Å². The van der Waals surface area contributed by atoms with Gasteiger partial charge in [-0.15, -0.1) is 0 Å². The van der Waals surface area contributed by atoms with Gasteiger partial charge in [0.15, 0.2) is 11.5 Å². The van der Waals surface area contributed by atoms with E-state index in [1.165, 1.54) is 6.26 Å². The first-order chi connectivity index (χ1) is 13.3. The van der Waals surface area contributed by atoms with Crippen molar-refractivity contribution in [2.75, 3.05) is 4.90 Å². The fraction of sp³-hybridized carbons (Fsp3) is 0.217. The molecule has 1 amide bonds. The number of hydrogen-bond acceptors (Lipinski definition) is 3. The lowest BCUT2D eigenvalue weighted by Crippen LogP contribution is -2.44. The third kappa shape index (κ3) is 2.44. The molecule has 0 spiro atoms. The van der Waals surface area contributed by atoms with Crippen molar-refractivity contribution in [2.24, 2.45) is 5.92 Å². The van der Waals surface area contributed by atoms with Gasteiger partial charge in [0.05, 0.1) is 12.0 Å². The van der Waals surface area contributed by atoms with Gasteiger partial charge in [-0.25, -0.2) is 0 Å². The van der Waals surface area contributed by atoms with Gasteiger partial charge in [-0.3, -0.25) is 14.5 Å². The Morgan fingerprint density at radius 3 is 2.33 bits per heavy atom. The largest absolute Gasteiger partial charge is 0.459 e. The number of hydrogen-bond donors (Lipinski definition) is 0.